The van der Waals surface area contributed by atoms with E-state index >= 15 is 0 Å². The van der Waals surface area contributed by atoms with Gasteiger partial charge in [0.1, 0.15) is 0 Å². The molecule has 0 N–H and O–H groups in total. The second-order valence-corrected chi connectivity index (χ2v) is 5.20. The normalized spacial score (nSPS) is 41.7. The van der Waals surface area contributed by atoms with E-state index < -0.39 is 0 Å². The van der Waals surface area contributed by atoms with E-state index in [1.54, 1.807) is 0 Å². The molecule has 0 amide bonds. The number of rotatable bonds is 2. The second-order valence-electron chi connectivity index (χ2n) is 5.20. The van der Waals surface area contributed by atoms with Gasteiger partial charge in [0.2, 0.25) is 0 Å². The minimum atomic E-state index is 0.0505. The molecule has 0 bridgehead atoms. The Kier molecular flexibility index (Phi) is 3.47. The van der Waals surface area contributed by atoms with Crippen LogP contribution < -0.4 is 0 Å². The molecule has 2 nitrogen and oxygen atoms in total. The van der Waals surface area contributed by atoms with Crippen molar-refractivity contribution in [2.24, 2.45) is 11.3 Å². The average molecular weight is 210 g/mol. The maximum atomic E-state index is 5.87. The van der Waals surface area contributed by atoms with Crippen molar-refractivity contribution in [2.45, 2.75) is 45.8 Å². The molecule has 1 atom stereocenters. The summed E-state index contributed by atoms with van der Waals surface area (Å²) in [5.74, 6) is 0.580. The summed E-state index contributed by atoms with van der Waals surface area (Å²) in [7, 11) is 0. The van der Waals surface area contributed by atoms with Gasteiger partial charge < -0.3 is 9.47 Å². The van der Waals surface area contributed by atoms with Crippen LogP contribution in [-0.2, 0) is 9.47 Å². The van der Waals surface area contributed by atoms with Gasteiger partial charge in [-0.1, -0.05) is 26.0 Å². The quantitative estimate of drug-likeness (QED) is 0.652. The summed E-state index contributed by atoms with van der Waals surface area (Å²) in [6, 6.07) is 0. The molecule has 0 aromatic heterocycles. The molecule has 1 heterocycles. The fourth-order valence-corrected chi connectivity index (χ4v) is 2.20. The molecule has 1 aliphatic heterocycles. The molecule has 0 unspecified atom stereocenters. The zero-order valence-electron chi connectivity index (χ0n) is 9.87. The molecule has 0 aromatic carbocycles. The topological polar surface area (TPSA) is 18.5 Å². The third-order valence-electron chi connectivity index (χ3n) is 3.74. The van der Waals surface area contributed by atoms with Gasteiger partial charge in [-0.25, -0.2) is 0 Å². The highest BCUT2D eigenvalue weighted by Crippen LogP contribution is 2.33. The Balaban J connectivity index is 1.85. The molecular weight excluding hydrogens is 188 g/mol. The van der Waals surface area contributed by atoms with Gasteiger partial charge in [0, 0.05) is 11.3 Å². The molecule has 0 aromatic rings. The van der Waals surface area contributed by atoms with Crippen LogP contribution in [-0.4, -0.2) is 19.5 Å². The van der Waals surface area contributed by atoms with Crippen molar-refractivity contribution >= 4 is 0 Å². The third kappa shape index (κ3) is 2.61. The van der Waals surface area contributed by atoms with Crippen molar-refractivity contribution in [3.63, 3.8) is 0 Å². The van der Waals surface area contributed by atoms with Crippen LogP contribution in [0.15, 0.2) is 12.2 Å². The lowest BCUT2D eigenvalue weighted by Gasteiger charge is -2.40. The Morgan fingerprint density at radius 3 is 2.53 bits per heavy atom. The molecule has 0 radical (unpaired) electrons. The highest BCUT2D eigenvalue weighted by atomic mass is 16.7. The Morgan fingerprint density at radius 1 is 1.27 bits per heavy atom. The van der Waals surface area contributed by atoms with Gasteiger partial charge in [-0.05, 0) is 25.7 Å². The first-order chi connectivity index (χ1) is 7.23. The molecule has 2 rings (SSSR count). The maximum absolute atomic E-state index is 5.87. The van der Waals surface area contributed by atoms with E-state index in [4.69, 9.17) is 9.47 Å². The standard InChI is InChI=1S/C13H22O2/c1-3-13(2)9-14-12(15-10-13)11-7-5-4-6-8-11/h4-5,11-12H,3,6-10H2,1-2H3/t11-,12?,13?/m0/s1. The fraction of sp³-hybridized carbons (Fsp3) is 0.846. The van der Waals surface area contributed by atoms with Crippen molar-refractivity contribution in [2.75, 3.05) is 13.2 Å². The van der Waals surface area contributed by atoms with Crippen LogP contribution >= 0.6 is 0 Å². The molecule has 1 aliphatic carbocycles. The molecule has 0 saturated carbocycles. The third-order valence-corrected chi connectivity index (χ3v) is 3.74. The predicted octanol–water partition coefficient (Wildman–Crippen LogP) is 3.13. The number of hydrogen-bond acceptors (Lipinski definition) is 2. The van der Waals surface area contributed by atoms with E-state index in [0.29, 0.717) is 5.92 Å². The van der Waals surface area contributed by atoms with Crippen molar-refractivity contribution in [3.05, 3.63) is 12.2 Å². The van der Waals surface area contributed by atoms with Crippen LogP contribution in [0.3, 0.4) is 0 Å². The molecule has 0 spiro atoms. The van der Waals surface area contributed by atoms with E-state index in [-0.39, 0.29) is 11.7 Å². The highest BCUT2D eigenvalue weighted by molar-refractivity contribution is 4.92. The molecule has 1 saturated heterocycles. The van der Waals surface area contributed by atoms with Crippen LogP contribution in [0, 0.1) is 11.3 Å². The summed E-state index contributed by atoms with van der Waals surface area (Å²) in [5, 5.41) is 0. The lowest BCUT2D eigenvalue weighted by molar-refractivity contribution is -0.248. The van der Waals surface area contributed by atoms with Crippen molar-refractivity contribution in [1.82, 2.24) is 0 Å². The first-order valence-electron chi connectivity index (χ1n) is 6.12. The number of allylic oxidation sites excluding steroid dienone is 2. The Morgan fingerprint density at radius 2 is 2.00 bits per heavy atom. The monoisotopic (exact) mass is 210 g/mol. The lowest BCUT2D eigenvalue weighted by atomic mass is 9.87. The van der Waals surface area contributed by atoms with Crippen molar-refractivity contribution in [1.29, 1.82) is 0 Å². The van der Waals surface area contributed by atoms with Crippen molar-refractivity contribution < 1.29 is 9.47 Å². The largest absolute Gasteiger partial charge is 0.352 e. The van der Waals surface area contributed by atoms with Crippen LogP contribution in [0.1, 0.15) is 39.5 Å². The van der Waals surface area contributed by atoms with E-state index in [1.165, 1.54) is 12.8 Å². The zero-order valence-corrected chi connectivity index (χ0v) is 9.87. The highest BCUT2D eigenvalue weighted by Gasteiger charge is 2.34. The zero-order chi connectivity index (χ0) is 10.7. The maximum Gasteiger partial charge on any atom is 0.160 e. The summed E-state index contributed by atoms with van der Waals surface area (Å²) in [6.07, 6.45) is 9.21. The average Bonchev–Trinajstić information content (AvgIpc) is 2.31. The van der Waals surface area contributed by atoms with E-state index in [9.17, 15) is 0 Å². The Labute approximate surface area is 92.6 Å². The number of ether oxygens (including phenoxy) is 2. The van der Waals surface area contributed by atoms with Gasteiger partial charge in [0.25, 0.3) is 0 Å². The van der Waals surface area contributed by atoms with Gasteiger partial charge in [-0.2, -0.15) is 0 Å². The van der Waals surface area contributed by atoms with Gasteiger partial charge in [-0.15, -0.1) is 0 Å². The molecule has 15 heavy (non-hydrogen) atoms. The lowest BCUT2D eigenvalue weighted by Crippen LogP contribution is -2.42. The molecule has 2 heteroatoms. The fourth-order valence-electron chi connectivity index (χ4n) is 2.20. The van der Waals surface area contributed by atoms with Gasteiger partial charge in [-0.3, -0.25) is 0 Å². The molecule has 2 aliphatic rings. The molecular formula is C13H22O2. The van der Waals surface area contributed by atoms with Crippen LogP contribution in [0.5, 0.6) is 0 Å². The summed E-state index contributed by atoms with van der Waals surface area (Å²) < 4.78 is 11.7. The van der Waals surface area contributed by atoms with Gasteiger partial charge in [0.05, 0.1) is 13.2 Å². The van der Waals surface area contributed by atoms with E-state index in [2.05, 4.69) is 26.0 Å². The summed E-state index contributed by atoms with van der Waals surface area (Å²) in [5.41, 5.74) is 0.237. The van der Waals surface area contributed by atoms with Crippen LogP contribution in [0.4, 0.5) is 0 Å². The summed E-state index contributed by atoms with van der Waals surface area (Å²) >= 11 is 0. The summed E-state index contributed by atoms with van der Waals surface area (Å²) in [4.78, 5) is 0. The smallest absolute Gasteiger partial charge is 0.160 e. The van der Waals surface area contributed by atoms with E-state index in [1.807, 2.05) is 0 Å². The summed E-state index contributed by atoms with van der Waals surface area (Å²) in [6.45, 7) is 6.16. The minimum Gasteiger partial charge on any atom is -0.352 e. The SMILES string of the molecule is CCC1(C)COC([C@H]2CC=CCC2)OC1. The Bertz CT molecular complexity index is 227. The van der Waals surface area contributed by atoms with Crippen LogP contribution in [0.25, 0.3) is 0 Å². The predicted molar refractivity (Wildman–Crippen MR) is 60.6 cm³/mol. The first kappa shape index (κ1) is 11.2. The minimum absolute atomic E-state index is 0.0505. The molecule has 86 valence electrons. The molecule has 1 fully saturated rings. The first-order valence-corrected chi connectivity index (χ1v) is 6.12. The van der Waals surface area contributed by atoms with Gasteiger partial charge >= 0.3 is 0 Å². The van der Waals surface area contributed by atoms with Gasteiger partial charge in [0.15, 0.2) is 6.29 Å². The van der Waals surface area contributed by atoms with Crippen LogP contribution in [0.2, 0.25) is 0 Å². The van der Waals surface area contributed by atoms with E-state index in [0.717, 1.165) is 26.1 Å². The second kappa shape index (κ2) is 4.67. The Hall–Kier alpha value is -0.340. The van der Waals surface area contributed by atoms with Crippen molar-refractivity contribution in [3.8, 4) is 0 Å². The number of hydrogen-bond donors (Lipinski definition) is 0.